The quantitative estimate of drug-likeness (QED) is 0.867. The van der Waals surface area contributed by atoms with Crippen LogP contribution in [0.5, 0.6) is 5.75 Å². The van der Waals surface area contributed by atoms with Crippen LogP contribution < -0.4 is 15.0 Å². The summed E-state index contributed by atoms with van der Waals surface area (Å²) in [6, 6.07) is 7.36. The van der Waals surface area contributed by atoms with Crippen molar-refractivity contribution in [1.29, 1.82) is 0 Å². The zero-order chi connectivity index (χ0) is 15.5. The molecule has 0 spiro atoms. The van der Waals surface area contributed by atoms with Crippen molar-refractivity contribution in [2.45, 2.75) is 25.4 Å². The summed E-state index contributed by atoms with van der Waals surface area (Å²) in [4.78, 5) is 26.3. The lowest BCUT2D eigenvalue weighted by molar-refractivity contribution is -0.128. The Labute approximate surface area is 129 Å². The van der Waals surface area contributed by atoms with Crippen molar-refractivity contribution in [1.82, 2.24) is 5.32 Å². The average Bonchev–Trinajstić information content (AvgIpc) is 3.05. The number of nitrogens with zero attached hydrogens (tertiary/aromatic N) is 1. The maximum atomic E-state index is 12.7. The summed E-state index contributed by atoms with van der Waals surface area (Å²) in [5, 5.41) is 2.59. The van der Waals surface area contributed by atoms with Gasteiger partial charge in [-0.05, 0) is 30.9 Å². The van der Waals surface area contributed by atoms with Gasteiger partial charge in [0.05, 0.1) is 12.2 Å². The zero-order valence-electron chi connectivity index (χ0n) is 12.6. The molecule has 0 unspecified atom stereocenters. The SMILES string of the molecule is CNC(=O)[C@@H]1CN(C(=O)C[C@H]2C=CCC2)c2ccccc2O1. The van der Waals surface area contributed by atoms with Gasteiger partial charge in [-0.2, -0.15) is 0 Å². The molecule has 5 nitrogen and oxygen atoms in total. The molecule has 22 heavy (non-hydrogen) atoms. The second-order valence-electron chi connectivity index (χ2n) is 5.66. The molecule has 3 rings (SSSR count). The predicted molar refractivity (Wildman–Crippen MR) is 83.8 cm³/mol. The number of ether oxygens (including phenoxy) is 1. The van der Waals surface area contributed by atoms with Gasteiger partial charge in [-0.3, -0.25) is 9.59 Å². The summed E-state index contributed by atoms with van der Waals surface area (Å²) >= 11 is 0. The lowest BCUT2D eigenvalue weighted by Crippen LogP contribution is -2.50. The number of carbonyl (C=O) groups excluding carboxylic acids is 2. The molecule has 5 heteroatoms. The first kappa shape index (κ1) is 14.6. The Bertz CT molecular complexity index is 612. The van der Waals surface area contributed by atoms with Crippen molar-refractivity contribution in [2.75, 3.05) is 18.5 Å². The van der Waals surface area contributed by atoms with Crippen molar-refractivity contribution in [3.63, 3.8) is 0 Å². The number of fused-ring (bicyclic) bond motifs is 1. The Morgan fingerprint density at radius 2 is 2.18 bits per heavy atom. The highest BCUT2D eigenvalue weighted by Gasteiger charge is 2.33. The van der Waals surface area contributed by atoms with E-state index in [0.29, 0.717) is 18.1 Å². The van der Waals surface area contributed by atoms with Crippen molar-refractivity contribution in [2.24, 2.45) is 5.92 Å². The Balaban J connectivity index is 1.82. The summed E-state index contributed by atoms with van der Waals surface area (Å²) < 4.78 is 5.72. The molecule has 116 valence electrons. The van der Waals surface area contributed by atoms with Crippen molar-refractivity contribution >= 4 is 17.5 Å². The monoisotopic (exact) mass is 300 g/mol. The number of rotatable bonds is 3. The topological polar surface area (TPSA) is 58.6 Å². The van der Waals surface area contributed by atoms with Crippen LogP contribution in [0.2, 0.25) is 0 Å². The molecule has 0 saturated carbocycles. The Morgan fingerprint density at radius 3 is 2.91 bits per heavy atom. The summed E-state index contributed by atoms with van der Waals surface area (Å²) in [5.74, 6) is 0.716. The number of amides is 2. The fourth-order valence-electron chi connectivity index (χ4n) is 2.97. The van der Waals surface area contributed by atoms with Gasteiger partial charge in [0.15, 0.2) is 6.10 Å². The molecule has 2 aliphatic rings. The minimum Gasteiger partial charge on any atom is -0.477 e. The van der Waals surface area contributed by atoms with Gasteiger partial charge in [0, 0.05) is 13.5 Å². The molecular weight excluding hydrogens is 280 g/mol. The lowest BCUT2D eigenvalue weighted by Gasteiger charge is -2.34. The number of benzene rings is 1. The molecule has 0 aromatic heterocycles. The van der Waals surface area contributed by atoms with Crippen molar-refractivity contribution in [3.8, 4) is 5.75 Å². The second-order valence-corrected chi connectivity index (χ2v) is 5.66. The number of nitrogens with one attached hydrogen (secondary N) is 1. The highest BCUT2D eigenvalue weighted by molar-refractivity contribution is 5.97. The van der Waals surface area contributed by atoms with Gasteiger partial charge in [0.2, 0.25) is 5.91 Å². The minimum absolute atomic E-state index is 0.0428. The first-order valence-electron chi connectivity index (χ1n) is 7.63. The van der Waals surface area contributed by atoms with Gasteiger partial charge >= 0.3 is 0 Å². The molecular formula is C17H20N2O3. The molecule has 2 amide bonds. The molecule has 1 aromatic rings. The molecule has 1 aromatic carbocycles. The maximum Gasteiger partial charge on any atom is 0.262 e. The third-order valence-corrected chi connectivity index (χ3v) is 4.16. The van der Waals surface area contributed by atoms with E-state index >= 15 is 0 Å². The molecule has 1 aliphatic heterocycles. The molecule has 0 radical (unpaired) electrons. The van der Waals surface area contributed by atoms with E-state index in [1.54, 1.807) is 18.0 Å². The largest absolute Gasteiger partial charge is 0.477 e. The van der Waals surface area contributed by atoms with Crippen LogP contribution in [-0.4, -0.2) is 31.5 Å². The Morgan fingerprint density at radius 1 is 1.36 bits per heavy atom. The van der Waals surface area contributed by atoms with E-state index in [0.717, 1.165) is 18.5 Å². The number of hydrogen-bond donors (Lipinski definition) is 1. The van der Waals surface area contributed by atoms with E-state index in [1.807, 2.05) is 18.2 Å². The van der Waals surface area contributed by atoms with Crippen LogP contribution in [0.4, 0.5) is 5.69 Å². The van der Waals surface area contributed by atoms with Gasteiger partial charge in [-0.15, -0.1) is 0 Å². The molecule has 0 bridgehead atoms. The third-order valence-electron chi connectivity index (χ3n) is 4.16. The van der Waals surface area contributed by atoms with Crippen LogP contribution in [0.3, 0.4) is 0 Å². The first-order chi connectivity index (χ1) is 10.7. The van der Waals surface area contributed by atoms with Crippen LogP contribution in [0.15, 0.2) is 36.4 Å². The van der Waals surface area contributed by atoms with Gasteiger partial charge in [-0.25, -0.2) is 0 Å². The standard InChI is InChI=1S/C17H20N2O3/c1-18-17(21)15-11-19(13-8-4-5-9-14(13)22-15)16(20)10-12-6-2-3-7-12/h2,4-6,8-9,12,15H,3,7,10-11H2,1H3,(H,18,21)/t12-,15-/m0/s1. The fourth-order valence-corrected chi connectivity index (χ4v) is 2.97. The molecule has 2 atom stereocenters. The fraction of sp³-hybridized carbons (Fsp3) is 0.412. The summed E-state index contributed by atoms with van der Waals surface area (Å²) in [5.41, 5.74) is 0.745. The van der Waals surface area contributed by atoms with Crippen LogP contribution in [0.1, 0.15) is 19.3 Å². The van der Waals surface area contributed by atoms with Crippen molar-refractivity contribution in [3.05, 3.63) is 36.4 Å². The van der Waals surface area contributed by atoms with Crippen LogP contribution >= 0.6 is 0 Å². The smallest absolute Gasteiger partial charge is 0.262 e. The number of hydrogen-bond acceptors (Lipinski definition) is 3. The van der Waals surface area contributed by atoms with E-state index in [1.165, 1.54) is 0 Å². The Hall–Kier alpha value is -2.30. The van der Waals surface area contributed by atoms with E-state index < -0.39 is 6.10 Å². The van der Waals surface area contributed by atoms with E-state index in [2.05, 4.69) is 17.5 Å². The average molecular weight is 300 g/mol. The number of likely N-dealkylation sites (N-methyl/N-ethyl adjacent to an activating group) is 1. The van der Waals surface area contributed by atoms with Gasteiger partial charge in [0.1, 0.15) is 5.75 Å². The first-order valence-corrected chi connectivity index (χ1v) is 7.63. The predicted octanol–water partition coefficient (Wildman–Crippen LogP) is 1.88. The lowest BCUT2D eigenvalue weighted by atomic mass is 10.0. The van der Waals surface area contributed by atoms with Crippen LogP contribution in [0, 0.1) is 5.92 Å². The second kappa shape index (κ2) is 6.22. The molecule has 0 fully saturated rings. The zero-order valence-corrected chi connectivity index (χ0v) is 12.6. The molecule has 1 heterocycles. The van der Waals surface area contributed by atoms with E-state index in [9.17, 15) is 9.59 Å². The Kier molecular flexibility index (Phi) is 4.13. The third kappa shape index (κ3) is 2.84. The summed E-state index contributed by atoms with van der Waals surface area (Å²) in [7, 11) is 1.57. The molecule has 0 saturated heterocycles. The van der Waals surface area contributed by atoms with Crippen LogP contribution in [-0.2, 0) is 9.59 Å². The van der Waals surface area contributed by atoms with Crippen LogP contribution in [0.25, 0.3) is 0 Å². The summed E-state index contributed by atoms with van der Waals surface area (Å²) in [6.07, 6.45) is 6.11. The van der Waals surface area contributed by atoms with Gasteiger partial charge < -0.3 is 15.0 Å². The normalized spacial score (nSPS) is 22.9. The maximum absolute atomic E-state index is 12.7. The highest BCUT2D eigenvalue weighted by Crippen LogP contribution is 2.34. The van der Waals surface area contributed by atoms with Gasteiger partial charge in [0.25, 0.3) is 5.91 Å². The number of carbonyl (C=O) groups is 2. The van der Waals surface area contributed by atoms with E-state index in [4.69, 9.17) is 4.74 Å². The van der Waals surface area contributed by atoms with Gasteiger partial charge in [-0.1, -0.05) is 24.3 Å². The molecule has 1 N–H and O–H groups in total. The minimum atomic E-state index is -0.664. The number of allylic oxidation sites excluding steroid dienone is 2. The summed E-state index contributed by atoms with van der Waals surface area (Å²) in [6.45, 7) is 0.256. The number of para-hydroxylation sites is 2. The van der Waals surface area contributed by atoms with Crippen molar-refractivity contribution < 1.29 is 14.3 Å². The molecule has 1 aliphatic carbocycles. The highest BCUT2D eigenvalue weighted by atomic mass is 16.5. The number of anilines is 1. The van der Waals surface area contributed by atoms with E-state index in [-0.39, 0.29) is 18.4 Å².